The first-order chi connectivity index (χ1) is 24.5. The lowest BCUT2D eigenvalue weighted by atomic mass is 9.91. The third-order valence-corrected chi connectivity index (χ3v) is 9.57. The lowest BCUT2D eigenvalue weighted by molar-refractivity contribution is -0.0355. The van der Waals surface area contributed by atoms with Gasteiger partial charge in [0.25, 0.3) is 0 Å². The van der Waals surface area contributed by atoms with E-state index >= 15 is 0 Å². The quantitative estimate of drug-likeness (QED) is 0.138. The zero-order chi connectivity index (χ0) is 34.5. The molecular weight excluding hydrogens is 634 g/mol. The number of nitrogens with zero attached hydrogens (tertiary/aromatic N) is 6. The average Bonchev–Trinajstić information content (AvgIpc) is 3.71. The number of benzene rings is 2. The predicted octanol–water partition coefficient (Wildman–Crippen LogP) is 3.96. The van der Waals surface area contributed by atoms with Gasteiger partial charge in [-0.1, -0.05) is 73.7 Å². The number of urea groups is 1. The topological polar surface area (TPSA) is 163 Å². The Bertz CT molecular complexity index is 1810. The molecule has 3 aromatic heterocycles. The average molecular weight is 678 g/mol. The predicted molar refractivity (Wildman–Crippen MR) is 190 cm³/mol. The lowest BCUT2D eigenvalue weighted by Crippen LogP contribution is -2.48. The van der Waals surface area contributed by atoms with E-state index in [4.69, 9.17) is 14.7 Å². The van der Waals surface area contributed by atoms with Gasteiger partial charge in [0.05, 0.1) is 19.0 Å². The smallest absolute Gasteiger partial charge is 0.315 e. The van der Waals surface area contributed by atoms with E-state index in [0.717, 1.165) is 42.9 Å². The number of hydrogen-bond acceptors (Lipinski definition) is 10. The molecule has 2 amide bonds. The first-order valence-corrected chi connectivity index (χ1v) is 17.3. The van der Waals surface area contributed by atoms with Crippen molar-refractivity contribution in [3.05, 3.63) is 108 Å². The van der Waals surface area contributed by atoms with Gasteiger partial charge in [0, 0.05) is 37.8 Å². The van der Waals surface area contributed by atoms with E-state index in [-0.39, 0.29) is 24.5 Å². The maximum atomic E-state index is 13.1. The SMILES string of the molecule is CC[C@H]1O[C@@H](n2cnc3c(NCC(c4ccccc4)c4ccccc4)nc(CNC(=O)NC4CCN(c5ccccn5)CC4)nc32)[C@H](O)[C@@H]1O. The molecule has 50 heavy (non-hydrogen) atoms. The molecule has 0 unspecified atom stereocenters. The molecule has 0 spiro atoms. The summed E-state index contributed by atoms with van der Waals surface area (Å²) in [6.07, 6.45) is 1.87. The second-order valence-corrected chi connectivity index (χ2v) is 12.8. The van der Waals surface area contributed by atoms with E-state index < -0.39 is 24.5 Å². The minimum Gasteiger partial charge on any atom is -0.388 e. The summed E-state index contributed by atoms with van der Waals surface area (Å²) in [6, 6.07) is 26.1. The van der Waals surface area contributed by atoms with Crippen LogP contribution < -0.4 is 20.9 Å². The van der Waals surface area contributed by atoms with Crippen LogP contribution in [0.25, 0.3) is 11.2 Å². The van der Waals surface area contributed by atoms with Gasteiger partial charge >= 0.3 is 6.03 Å². The van der Waals surface area contributed by atoms with Crippen molar-refractivity contribution in [2.24, 2.45) is 0 Å². The van der Waals surface area contributed by atoms with Gasteiger partial charge in [-0.05, 0) is 42.5 Å². The van der Waals surface area contributed by atoms with Gasteiger partial charge < -0.3 is 35.8 Å². The van der Waals surface area contributed by atoms with Crippen LogP contribution in [0.3, 0.4) is 0 Å². The molecule has 5 aromatic rings. The van der Waals surface area contributed by atoms with Crippen LogP contribution in [0.2, 0.25) is 0 Å². The summed E-state index contributed by atoms with van der Waals surface area (Å²) in [5.41, 5.74) is 3.20. The minimum atomic E-state index is -1.17. The number of aliphatic hydroxyl groups excluding tert-OH is 2. The second kappa shape index (κ2) is 15.2. The number of aromatic nitrogens is 5. The molecule has 0 saturated carbocycles. The molecule has 13 heteroatoms. The number of hydrogen-bond donors (Lipinski definition) is 5. The van der Waals surface area contributed by atoms with Gasteiger partial charge in [-0.15, -0.1) is 0 Å². The van der Waals surface area contributed by atoms with Gasteiger partial charge in [0.15, 0.2) is 29.0 Å². The van der Waals surface area contributed by atoms with E-state index in [0.29, 0.717) is 35.8 Å². The zero-order valence-corrected chi connectivity index (χ0v) is 28.0. The van der Waals surface area contributed by atoms with Gasteiger partial charge in [-0.25, -0.2) is 24.7 Å². The second-order valence-electron chi connectivity index (χ2n) is 12.8. The Kier molecular flexibility index (Phi) is 10.1. The van der Waals surface area contributed by atoms with Crippen molar-refractivity contribution in [2.75, 3.05) is 29.9 Å². The first kappa shape index (κ1) is 33.4. The number of pyridine rings is 1. The molecule has 260 valence electrons. The fourth-order valence-corrected chi connectivity index (χ4v) is 6.83. The van der Waals surface area contributed by atoms with Gasteiger partial charge in [0.2, 0.25) is 0 Å². The molecule has 13 nitrogen and oxygen atoms in total. The van der Waals surface area contributed by atoms with Crippen molar-refractivity contribution in [3.63, 3.8) is 0 Å². The number of anilines is 2. The molecule has 0 radical (unpaired) electrons. The monoisotopic (exact) mass is 677 g/mol. The number of rotatable bonds is 11. The van der Waals surface area contributed by atoms with Crippen molar-refractivity contribution in [3.8, 4) is 0 Å². The maximum Gasteiger partial charge on any atom is 0.315 e. The number of imidazole rings is 1. The largest absolute Gasteiger partial charge is 0.388 e. The number of aliphatic hydroxyl groups is 2. The Morgan fingerprint density at radius 3 is 2.26 bits per heavy atom. The third kappa shape index (κ3) is 7.25. The van der Waals surface area contributed by atoms with Crippen molar-refractivity contribution in [2.45, 2.75) is 69.2 Å². The Morgan fingerprint density at radius 2 is 1.62 bits per heavy atom. The number of carbonyl (C=O) groups is 1. The lowest BCUT2D eigenvalue weighted by Gasteiger charge is -2.33. The van der Waals surface area contributed by atoms with E-state index in [1.54, 1.807) is 17.1 Å². The molecule has 2 aromatic carbocycles. The highest BCUT2D eigenvalue weighted by molar-refractivity contribution is 5.83. The van der Waals surface area contributed by atoms with Crippen molar-refractivity contribution in [1.82, 2.24) is 35.1 Å². The molecule has 5 N–H and O–H groups in total. The Labute approximate surface area is 290 Å². The molecule has 0 aliphatic carbocycles. The van der Waals surface area contributed by atoms with Crippen LogP contribution in [0.1, 0.15) is 55.3 Å². The van der Waals surface area contributed by atoms with Gasteiger partial charge in [-0.2, -0.15) is 0 Å². The van der Waals surface area contributed by atoms with Crippen molar-refractivity contribution >= 4 is 28.8 Å². The highest BCUT2D eigenvalue weighted by Crippen LogP contribution is 2.34. The summed E-state index contributed by atoms with van der Waals surface area (Å²) in [4.78, 5) is 34.0. The zero-order valence-electron chi connectivity index (χ0n) is 28.0. The fraction of sp³-hybridized carbons (Fsp3) is 0.378. The maximum absolute atomic E-state index is 13.1. The van der Waals surface area contributed by atoms with Crippen molar-refractivity contribution < 1.29 is 19.7 Å². The number of ether oxygens (including phenoxy) is 1. The summed E-state index contributed by atoms with van der Waals surface area (Å²) in [5.74, 6) is 1.81. The first-order valence-electron chi connectivity index (χ1n) is 17.3. The molecule has 0 bridgehead atoms. The summed E-state index contributed by atoms with van der Waals surface area (Å²) in [6.45, 7) is 4.07. The summed E-state index contributed by atoms with van der Waals surface area (Å²) >= 11 is 0. The van der Waals surface area contributed by atoms with E-state index in [9.17, 15) is 15.0 Å². The molecular formula is C37H43N9O4. The van der Waals surface area contributed by atoms with Gasteiger partial charge in [-0.3, -0.25) is 4.57 Å². The van der Waals surface area contributed by atoms with Crippen LogP contribution in [0, 0.1) is 0 Å². The highest BCUT2D eigenvalue weighted by atomic mass is 16.6. The fourth-order valence-electron chi connectivity index (χ4n) is 6.83. The number of nitrogens with one attached hydrogen (secondary N) is 3. The van der Waals surface area contributed by atoms with Crippen LogP contribution >= 0.6 is 0 Å². The van der Waals surface area contributed by atoms with E-state index in [1.807, 2.05) is 61.5 Å². The summed E-state index contributed by atoms with van der Waals surface area (Å²) in [7, 11) is 0. The summed E-state index contributed by atoms with van der Waals surface area (Å²) < 4.78 is 7.69. The number of piperidine rings is 1. The molecule has 2 saturated heterocycles. The standard InChI is InChI=1S/C37H43N9O4/c1-2-28-32(47)33(48)36(50-28)46-23-41-31-34(39-21-27(24-11-5-3-6-12-24)25-13-7-4-8-14-25)43-29(44-35(31)46)22-40-37(49)42-26-16-19-45(20-17-26)30-15-9-10-18-38-30/h3-15,18,23,26-28,32-33,36,47-48H,2,16-17,19-22H2,1H3,(H,39,43,44)(H2,40,42,49)/t28-,32-,33-,36-/m1/s1. The van der Waals surface area contributed by atoms with Crippen LogP contribution in [0.15, 0.2) is 91.4 Å². The highest BCUT2D eigenvalue weighted by Gasteiger charge is 2.43. The molecule has 4 atom stereocenters. The van der Waals surface area contributed by atoms with E-state index in [1.165, 1.54) is 0 Å². The van der Waals surface area contributed by atoms with Gasteiger partial charge in [0.1, 0.15) is 18.0 Å². The Hall–Kier alpha value is -5.11. The molecule has 5 heterocycles. The number of carbonyl (C=O) groups excluding carboxylic acids is 1. The minimum absolute atomic E-state index is 0.0152. The van der Waals surface area contributed by atoms with E-state index in [2.05, 4.69) is 55.1 Å². The third-order valence-electron chi connectivity index (χ3n) is 9.57. The number of fused-ring (bicyclic) bond motifs is 1. The molecule has 2 aliphatic rings. The van der Waals surface area contributed by atoms with Crippen LogP contribution in [-0.4, -0.2) is 84.7 Å². The Morgan fingerprint density at radius 1 is 0.920 bits per heavy atom. The Balaban J connectivity index is 1.10. The number of amides is 2. The summed E-state index contributed by atoms with van der Waals surface area (Å²) in [5, 5.41) is 31.1. The molecule has 2 aliphatic heterocycles. The van der Waals surface area contributed by atoms with Crippen LogP contribution in [0.4, 0.5) is 16.4 Å². The molecule has 7 rings (SSSR count). The van der Waals surface area contributed by atoms with Crippen LogP contribution in [0.5, 0.6) is 0 Å². The molecule has 2 fully saturated rings. The normalized spacial score (nSPS) is 21.1. The van der Waals surface area contributed by atoms with Crippen LogP contribution in [-0.2, 0) is 11.3 Å². The van der Waals surface area contributed by atoms with Crippen molar-refractivity contribution in [1.29, 1.82) is 0 Å².